The number of phenols is 1. The van der Waals surface area contributed by atoms with E-state index in [2.05, 4.69) is 10.5 Å². The van der Waals surface area contributed by atoms with Crippen LogP contribution in [0.15, 0.2) is 47.6 Å². The van der Waals surface area contributed by atoms with Crippen LogP contribution in [0.3, 0.4) is 0 Å². The maximum absolute atomic E-state index is 12.7. The van der Waals surface area contributed by atoms with Crippen molar-refractivity contribution in [1.82, 2.24) is 5.43 Å². The fraction of sp³-hybridized carbons (Fsp3) is 0.0667. The van der Waals surface area contributed by atoms with Gasteiger partial charge in [0.2, 0.25) is 0 Å². The smallest absolute Gasteiger partial charge is 0.271 e. The number of aromatic hydroxyl groups is 1. The summed E-state index contributed by atoms with van der Waals surface area (Å²) in [7, 11) is 1.44. The molecule has 0 bridgehead atoms. The van der Waals surface area contributed by atoms with Gasteiger partial charge in [0.15, 0.2) is 11.5 Å². The Labute approximate surface area is 120 Å². The molecule has 0 atom stereocenters. The predicted molar refractivity (Wildman–Crippen MR) is 76.1 cm³/mol. The van der Waals surface area contributed by atoms with Crippen molar-refractivity contribution in [3.63, 3.8) is 0 Å². The Kier molecular flexibility index (Phi) is 4.50. The van der Waals surface area contributed by atoms with Gasteiger partial charge in [-0.3, -0.25) is 4.79 Å². The van der Waals surface area contributed by atoms with Crippen LogP contribution < -0.4 is 10.2 Å². The first-order valence-electron chi connectivity index (χ1n) is 6.06. The molecule has 0 aromatic heterocycles. The molecule has 0 saturated carbocycles. The first-order valence-corrected chi connectivity index (χ1v) is 6.06. The highest BCUT2D eigenvalue weighted by atomic mass is 19.1. The van der Waals surface area contributed by atoms with Crippen molar-refractivity contribution in [3.05, 3.63) is 59.4 Å². The number of carbonyl (C=O) groups is 1. The third-order valence-electron chi connectivity index (χ3n) is 2.73. The van der Waals surface area contributed by atoms with Crippen molar-refractivity contribution < 1.29 is 19.0 Å². The maximum Gasteiger partial charge on any atom is 0.271 e. The molecular formula is C15H13FN2O3. The van der Waals surface area contributed by atoms with E-state index in [9.17, 15) is 14.3 Å². The fourth-order valence-corrected chi connectivity index (χ4v) is 1.63. The zero-order valence-electron chi connectivity index (χ0n) is 11.2. The average Bonchev–Trinajstić information content (AvgIpc) is 2.49. The summed E-state index contributed by atoms with van der Waals surface area (Å²) in [6, 6.07) is 9.97. The molecule has 2 rings (SSSR count). The quantitative estimate of drug-likeness (QED) is 0.670. The molecule has 0 aliphatic heterocycles. The first-order chi connectivity index (χ1) is 10.1. The monoisotopic (exact) mass is 288 g/mol. The van der Waals surface area contributed by atoms with E-state index in [4.69, 9.17) is 4.74 Å². The van der Waals surface area contributed by atoms with E-state index < -0.39 is 11.7 Å². The minimum absolute atomic E-state index is 0.0696. The summed E-state index contributed by atoms with van der Waals surface area (Å²) in [5, 5.41) is 13.6. The number of para-hydroxylation sites is 1. The molecule has 2 aromatic carbocycles. The SMILES string of the molecule is COc1cccc(/C=N/NC(=O)c2ccc(F)cc2)c1O. The molecule has 5 nitrogen and oxygen atoms in total. The van der Waals surface area contributed by atoms with Gasteiger partial charge in [0, 0.05) is 11.1 Å². The van der Waals surface area contributed by atoms with Crippen molar-refractivity contribution in [1.29, 1.82) is 0 Å². The molecule has 108 valence electrons. The summed E-state index contributed by atoms with van der Waals surface area (Å²) < 4.78 is 17.7. The van der Waals surface area contributed by atoms with Crippen LogP contribution in [0.4, 0.5) is 4.39 Å². The van der Waals surface area contributed by atoms with Crippen LogP contribution in [0.25, 0.3) is 0 Å². The number of carbonyl (C=O) groups excluding carboxylic acids is 1. The molecule has 0 spiro atoms. The lowest BCUT2D eigenvalue weighted by Crippen LogP contribution is -2.17. The second kappa shape index (κ2) is 6.51. The van der Waals surface area contributed by atoms with E-state index in [1.165, 1.54) is 37.6 Å². The number of amides is 1. The van der Waals surface area contributed by atoms with Crippen LogP contribution in [0.1, 0.15) is 15.9 Å². The summed E-state index contributed by atoms with van der Waals surface area (Å²) in [4.78, 5) is 11.7. The number of rotatable bonds is 4. The topological polar surface area (TPSA) is 70.9 Å². The molecule has 0 aliphatic carbocycles. The van der Waals surface area contributed by atoms with Gasteiger partial charge in [-0.15, -0.1) is 0 Å². The summed E-state index contributed by atoms with van der Waals surface area (Å²) in [6.07, 6.45) is 1.29. The molecule has 0 radical (unpaired) electrons. The molecule has 0 aliphatic rings. The van der Waals surface area contributed by atoms with Crippen LogP contribution >= 0.6 is 0 Å². The molecule has 21 heavy (non-hydrogen) atoms. The van der Waals surface area contributed by atoms with Gasteiger partial charge in [0.1, 0.15) is 5.82 Å². The van der Waals surface area contributed by atoms with E-state index in [1.54, 1.807) is 18.2 Å². The Morgan fingerprint density at radius 2 is 2.00 bits per heavy atom. The Hall–Kier alpha value is -2.89. The Morgan fingerprint density at radius 1 is 1.29 bits per heavy atom. The second-order valence-corrected chi connectivity index (χ2v) is 4.10. The number of methoxy groups -OCH3 is 1. The van der Waals surface area contributed by atoms with E-state index in [1.807, 2.05) is 0 Å². The molecule has 0 heterocycles. The Bertz CT molecular complexity index is 669. The Morgan fingerprint density at radius 3 is 2.67 bits per heavy atom. The summed E-state index contributed by atoms with van der Waals surface area (Å²) in [5.41, 5.74) is 2.97. The number of nitrogens with one attached hydrogen (secondary N) is 1. The van der Waals surface area contributed by atoms with Gasteiger partial charge in [-0.2, -0.15) is 5.10 Å². The van der Waals surface area contributed by atoms with Gasteiger partial charge >= 0.3 is 0 Å². The van der Waals surface area contributed by atoms with Crippen molar-refractivity contribution >= 4 is 12.1 Å². The normalized spacial score (nSPS) is 10.6. The van der Waals surface area contributed by atoms with Crippen molar-refractivity contribution in [2.45, 2.75) is 0 Å². The number of halogens is 1. The number of hydrazone groups is 1. The lowest BCUT2D eigenvalue weighted by Gasteiger charge is -2.05. The lowest BCUT2D eigenvalue weighted by atomic mass is 10.2. The number of ether oxygens (including phenoxy) is 1. The maximum atomic E-state index is 12.7. The van der Waals surface area contributed by atoms with Gasteiger partial charge < -0.3 is 9.84 Å². The average molecular weight is 288 g/mol. The number of hydrogen-bond donors (Lipinski definition) is 2. The third kappa shape index (κ3) is 3.56. The largest absolute Gasteiger partial charge is 0.504 e. The van der Waals surface area contributed by atoms with E-state index in [-0.39, 0.29) is 11.3 Å². The second-order valence-electron chi connectivity index (χ2n) is 4.10. The molecule has 0 unspecified atom stereocenters. The van der Waals surface area contributed by atoms with Gasteiger partial charge in [-0.05, 0) is 36.4 Å². The van der Waals surface area contributed by atoms with Crippen LogP contribution in [-0.4, -0.2) is 24.3 Å². The highest BCUT2D eigenvalue weighted by Crippen LogP contribution is 2.27. The zero-order valence-corrected chi connectivity index (χ0v) is 11.2. The minimum Gasteiger partial charge on any atom is -0.504 e. The zero-order chi connectivity index (χ0) is 15.2. The van der Waals surface area contributed by atoms with Crippen LogP contribution in [0, 0.1) is 5.82 Å². The summed E-state index contributed by atoms with van der Waals surface area (Å²) in [5.74, 6) is -0.659. The van der Waals surface area contributed by atoms with Crippen molar-refractivity contribution in [2.75, 3.05) is 7.11 Å². The van der Waals surface area contributed by atoms with Gasteiger partial charge in [-0.25, -0.2) is 9.82 Å². The highest BCUT2D eigenvalue weighted by molar-refractivity contribution is 5.95. The number of benzene rings is 2. The predicted octanol–water partition coefficient (Wildman–Crippen LogP) is 2.30. The summed E-state index contributed by atoms with van der Waals surface area (Å²) in [6.45, 7) is 0. The number of hydrogen-bond acceptors (Lipinski definition) is 4. The first kappa shape index (κ1) is 14.5. The van der Waals surface area contributed by atoms with Gasteiger partial charge in [0.25, 0.3) is 5.91 Å². The third-order valence-corrected chi connectivity index (χ3v) is 2.73. The molecular weight excluding hydrogens is 275 g/mol. The molecule has 0 fully saturated rings. The fourth-order valence-electron chi connectivity index (χ4n) is 1.63. The van der Waals surface area contributed by atoms with Crippen molar-refractivity contribution in [3.8, 4) is 11.5 Å². The van der Waals surface area contributed by atoms with Gasteiger partial charge in [-0.1, -0.05) is 6.07 Å². The number of nitrogens with zero attached hydrogens (tertiary/aromatic N) is 1. The van der Waals surface area contributed by atoms with Crippen LogP contribution in [-0.2, 0) is 0 Å². The molecule has 0 saturated heterocycles. The van der Waals surface area contributed by atoms with Crippen LogP contribution in [0.2, 0.25) is 0 Å². The summed E-state index contributed by atoms with van der Waals surface area (Å²) >= 11 is 0. The lowest BCUT2D eigenvalue weighted by molar-refractivity contribution is 0.0955. The van der Waals surface area contributed by atoms with E-state index in [0.717, 1.165) is 0 Å². The van der Waals surface area contributed by atoms with E-state index in [0.29, 0.717) is 11.3 Å². The van der Waals surface area contributed by atoms with Crippen molar-refractivity contribution in [2.24, 2.45) is 5.10 Å². The molecule has 2 aromatic rings. The van der Waals surface area contributed by atoms with Gasteiger partial charge in [0.05, 0.1) is 13.3 Å². The molecule has 2 N–H and O–H groups in total. The minimum atomic E-state index is -0.478. The molecule has 6 heteroatoms. The van der Waals surface area contributed by atoms with Crippen LogP contribution in [0.5, 0.6) is 11.5 Å². The number of phenolic OH excluding ortho intramolecular Hbond substituents is 1. The Balaban J connectivity index is 2.05. The van der Waals surface area contributed by atoms with E-state index >= 15 is 0 Å². The molecule has 1 amide bonds. The standard InChI is InChI=1S/C15H13FN2O3/c1-21-13-4-2-3-11(14(13)19)9-17-18-15(20)10-5-7-12(16)8-6-10/h2-9,19H,1H3,(H,18,20)/b17-9+. The highest BCUT2D eigenvalue weighted by Gasteiger charge is 2.06.